The van der Waals surface area contributed by atoms with Gasteiger partial charge in [-0.05, 0) is 38.8 Å². The van der Waals surface area contributed by atoms with Crippen LogP contribution in [-0.4, -0.2) is 48.3 Å². The van der Waals surface area contributed by atoms with Crippen molar-refractivity contribution in [1.82, 2.24) is 10.2 Å². The fraction of sp³-hybridized carbons (Fsp3) is 1.00. The highest BCUT2D eigenvalue weighted by Gasteiger charge is 2.22. The first-order chi connectivity index (χ1) is 7.34. The van der Waals surface area contributed by atoms with E-state index in [1.165, 1.54) is 51.6 Å². The van der Waals surface area contributed by atoms with Crippen molar-refractivity contribution in [3.05, 3.63) is 0 Å². The van der Waals surface area contributed by atoms with Gasteiger partial charge in [0.15, 0.2) is 0 Å². The summed E-state index contributed by atoms with van der Waals surface area (Å²) < 4.78 is 0. The number of aliphatic hydroxyl groups excluding tert-OH is 1. The molecule has 2 aliphatic rings. The average molecular weight is 212 g/mol. The molecule has 1 saturated carbocycles. The third kappa shape index (κ3) is 4.49. The summed E-state index contributed by atoms with van der Waals surface area (Å²) in [4.78, 5) is 2.42. The van der Waals surface area contributed by atoms with Gasteiger partial charge in [-0.15, -0.1) is 0 Å². The molecule has 0 radical (unpaired) electrons. The summed E-state index contributed by atoms with van der Waals surface area (Å²) in [6.07, 6.45) is 7.78. The molecule has 15 heavy (non-hydrogen) atoms. The van der Waals surface area contributed by atoms with Gasteiger partial charge in [0.05, 0.1) is 6.10 Å². The van der Waals surface area contributed by atoms with Gasteiger partial charge in [-0.1, -0.05) is 12.8 Å². The van der Waals surface area contributed by atoms with E-state index in [0.717, 1.165) is 13.1 Å². The van der Waals surface area contributed by atoms with Crippen LogP contribution in [0.15, 0.2) is 0 Å². The average Bonchev–Trinajstić information content (AvgIpc) is 3.03. The van der Waals surface area contributed by atoms with Gasteiger partial charge in [0.25, 0.3) is 0 Å². The molecule has 2 fully saturated rings. The van der Waals surface area contributed by atoms with Gasteiger partial charge >= 0.3 is 0 Å². The molecular weight excluding hydrogens is 188 g/mol. The Kier molecular flexibility index (Phi) is 4.42. The van der Waals surface area contributed by atoms with Crippen molar-refractivity contribution in [3.8, 4) is 0 Å². The van der Waals surface area contributed by atoms with Gasteiger partial charge < -0.3 is 15.3 Å². The third-order valence-electron chi connectivity index (χ3n) is 3.39. The minimum atomic E-state index is -0.177. The second kappa shape index (κ2) is 5.83. The Morgan fingerprint density at radius 1 is 1.13 bits per heavy atom. The summed E-state index contributed by atoms with van der Waals surface area (Å²) in [5.41, 5.74) is 0. The van der Waals surface area contributed by atoms with Crippen molar-refractivity contribution in [3.63, 3.8) is 0 Å². The van der Waals surface area contributed by atoms with Crippen LogP contribution < -0.4 is 5.32 Å². The van der Waals surface area contributed by atoms with Crippen molar-refractivity contribution in [2.24, 2.45) is 0 Å². The zero-order chi connectivity index (χ0) is 10.5. The number of hydrogen-bond acceptors (Lipinski definition) is 3. The smallest absolute Gasteiger partial charge is 0.0791 e. The van der Waals surface area contributed by atoms with Gasteiger partial charge in [0, 0.05) is 19.1 Å². The molecule has 0 aromatic carbocycles. The normalized spacial score (nSPS) is 26.2. The van der Waals surface area contributed by atoms with Crippen LogP contribution >= 0.6 is 0 Å². The predicted octanol–water partition coefficient (Wildman–Crippen LogP) is 0.975. The Morgan fingerprint density at radius 2 is 1.80 bits per heavy atom. The molecule has 1 saturated heterocycles. The van der Waals surface area contributed by atoms with Gasteiger partial charge in [-0.3, -0.25) is 0 Å². The summed E-state index contributed by atoms with van der Waals surface area (Å²) in [7, 11) is 0. The first-order valence-electron chi connectivity index (χ1n) is 6.48. The van der Waals surface area contributed by atoms with Gasteiger partial charge in [-0.25, -0.2) is 0 Å². The number of β-amino-alcohol motifs (C(OH)–C–C–N with tert-alkyl or cyclic N) is 1. The Hall–Kier alpha value is -0.120. The molecular formula is C12H24N2O. The van der Waals surface area contributed by atoms with E-state index in [9.17, 15) is 5.11 Å². The minimum Gasteiger partial charge on any atom is -0.390 e. The van der Waals surface area contributed by atoms with Crippen LogP contribution in [0.1, 0.15) is 38.5 Å². The van der Waals surface area contributed by atoms with E-state index in [4.69, 9.17) is 0 Å². The molecule has 0 bridgehead atoms. The van der Waals surface area contributed by atoms with Crippen molar-refractivity contribution >= 4 is 0 Å². The van der Waals surface area contributed by atoms with Crippen LogP contribution in [0.2, 0.25) is 0 Å². The molecule has 2 N–H and O–H groups in total. The lowest BCUT2D eigenvalue weighted by molar-refractivity contribution is 0.113. The maximum absolute atomic E-state index is 9.87. The molecule has 0 aromatic heterocycles. The van der Waals surface area contributed by atoms with Crippen molar-refractivity contribution < 1.29 is 5.11 Å². The lowest BCUT2D eigenvalue weighted by Crippen LogP contribution is -2.39. The molecule has 0 unspecified atom stereocenters. The van der Waals surface area contributed by atoms with E-state index in [1.54, 1.807) is 0 Å². The van der Waals surface area contributed by atoms with Gasteiger partial charge in [-0.2, -0.15) is 0 Å². The van der Waals surface area contributed by atoms with Crippen LogP contribution in [0.3, 0.4) is 0 Å². The number of aliphatic hydroxyl groups is 1. The molecule has 0 aromatic rings. The first-order valence-corrected chi connectivity index (χ1v) is 6.48. The molecule has 3 nitrogen and oxygen atoms in total. The van der Waals surface area contributed by atoms with Crippen molar-refractivity contribution in [1.29, 1.82) is 0 Å². The first kappa shape index (κ1) is 11.4. The molecule has 1 heterocycles. The maximum atomic E-state index is 9.87. The van der Waals surface area contributed by atoms with Crippen LogP contribution in [-0.2, 0) is 0 Å². The summed E-state index contributed by atoms with van der Waals surface area (Å²) in [6, 6.07) is 0.712. The second-order valence-corrected chi connectivity index (χ2v) is 5.05. The van der Waals surface area contributed by atoms with Crippen LogP contribution in [0, 0.1) is 0 Å². The lowest BCUT2D eigenvalue weighted by atomic mass is 10.2. The maximum Gasteiger partial charge on any atom is 0.0791 e. The van der Waals surface area contributed by atoms with E-state index < -0.39 is 0 Å². The molecule has 2 rings (SSSR count). The minimum absolute atomic E-state index is 0.177. The quantitative estimate of drug-likeness (QED) is 0.713. The highest BCUT2D eigenvalue weighted by molar-refractivity contribution is 4.82. The van der Waals surface area contributed by atoms with Gasteiger partial charge in [0.1, 0.15) is 0 Å². The van der Waals surface area contributed by atoms with E-state index in [0.29, 0.717) is 6.04 Å². The molecule has 88 valence electrons. The van der Waals surface area contributed by atoms with E-state index in [1.807, 2.05) is 0 Å². The third-order valence-corrected chi connectivity index (χ3v) is 3.39. The summed E-state index contributed by atoms with van der Waals surface area (Å²) in [6.45, 7) is 4.00. The zero-order valence-electron chi connectivity index (χ0n) is 9.62. The topological polar surface area (TPSA) is 35.5 Å². The summed E-state index contributed by atoms with van der Waals surface area (Å²) in [5, 5.41) is 13.3. The number of nitrogens with zero attached hydrogens (tertiary/aromatic N) is 1. The number of hydrogen-bond donors (Lipinski definition) is 2. The Labute approximate surface area is 92.8 Å². The fourth-order valence-corrected chi connectivity index (χ4v) is 2.27. The number of likely N-dealkylation sites (tertiary alicyclic amines) is 1. The summed E-state index contributed by atoms with van der Waals surface area (Å²) >= 11 is 0. The number of nitrogens with one attached hydrogen (secondary N) is 1. The molecule has 1 atom stereocenters. The molecule has 3 heteroatoms. The molecule has 1 aliphatic carbocycles. The monoisotopic (exact) mass is 212 g/mol. The Balaban J connectivity index is 1.60. The van der Waals surface area contributed by atoms with Gasteiger partial charge in [0.2, 0.25) is 0 Å². The zero-order valence-corrected chi connectivity index (χ0v) is 9.62. The Morgan fingerprint density at radius 3 is 2.40 bits per heavy atom. The highest BCUT2D eigenvalue weighted by Crippen LogP contribution is 2.18. The summed E-state index contributed by atoms with van der Waals surface area (Å²) in [5.74, 6) is 0. The largest absolute Gasteiger partial charge is 0.390 e. The SMILES string of the molecule is O[C@@H](CNC1CC1)CN1CCCCCC1. The second-order valence-electron chi connectivity index (χ2n) is 5.05. The standard InChI is InChI=1S/C12H24N2O/c15-12(9-13-11-5-6-11)10-14-7-3-1-2-4-8-14/h11-13,15H,1-10H2/t12-/m0/s1. The van der Waals surface area contributed by atoms with Crippen molar-refractivity contribution in [2.75, 3.05) is 26.2 Å². The van der Waals surface area contributed by atoms with Crippen LogP contribution in [0.4, 0.5) is 0 Å². The van der Waals surface area contributed by atoms with Crippen LogP contribution in [0.5, 0.6) is 0 Å². The van der Waals surface area contributed by atoms with E-state index in [2.05, 4.69) is 10.2 Å². The highest BCUT2D eigenvalue weighted by atomic mass is 16.3. The van der Waals surface area contributed by atoms with E-state index >= 15 is 0 Å². The fourth-order valence-electron chi connectivity index (χ4n) is 2.27. The molecule has 0 amide bonds. The molecule has 0 spiro atoms. The molecule has 1 aliphatic heterocycles. The van der Waals surface area contributed by atoms with Crippen LogP contribution in [0.25, 0.3) is 0 Å². The lowest BCUT2D eigenvalue weighted by Gasteiger charge is -2.23. The number of rotatable bonds is 5. The Bertz CT molecular complexity index is 174. The van der Waals surface area contributed by atoms with Crippen molar-refractivity contribution in [2.45, 2.75) is 50.7 Å². The van der Waals surface area contributed by atoms with E-state index in [-0.39, 0.29) is 6.10 Å². The predicted molar refractivity (Wildman–Crippen MR) is 61.9 cm³/mol.